The molecule has 2 N–H and O–H groups in total. The fourth-order valence-electron chi connectivity index (χ4n) is 3.38. The molecule has 220 valence electrons. The van der Waals surface area contributed by atoms with Crippen LogP contribution in [0.15, 0.2) is 0 Å². The quantitative estimate of drug-likeness (QED) is 0.136. The van der Waals surface area contributed by atoms with Gasteiger partial charge in [-0.2, -0.15) is 26.3 Å². The van der Waals surface area contributed by atoms with Crippen molar-refractivity contribution in [1.82, 2.24) is 0 Å². The summed E-state index contributed by atoms with van der Waals surface area (Å²) >= 11 is 0. The number of alkyl halides is 6. The molecule has 0 bridgehead atoms. The van der Waals surface area contributed by atoms with Crippen molar-refractivity contribution in [2.24, 2.45) is 0 Å². The molecule has 0 aromatic heterocycles. The molecule has 0 atom stereocenters. The molecule has 0 saturated heterocycles. The van der Waals surface area contributed by atoms with Crippen LogP contribution in [0, 0.1) is 0 Å². The molecule has 0 aromatic carbocycles. The first-order chi connectivity index (χ1) is 16.4. The average Bonchev–Trinajstić information content (AvgIpc) is 2.73. The highest BCUT2D eigenvalue weighted by Crippen LogP contribution is 2.36. The van der Waals surface area contributed by atoms with Crippen LogP contribution >= 0.6 is 0 Å². The standard InChI is InChI=1S/C18H40NO2.C2F6NO4S2/c1-3-5-6-7-8-9-10-11-12-13-14-19(4-2,15-17-20)16-18-21;3-1(4,5)14(10,11)9-15(12,13)2(6,7)8/h20-21H,3-18H2,1-2H3;/q+1;-1. The van der Waals surface area contributed by atoms with E-state index in [2.05, 4.69) is 13.8 Å². The van der Waals surface area contributed by atoms with Crippen LogP contribution in [0.3, 0.4) is 0 Å². The molecule has 0 aromatic rings. The molecule has 0 aliphatic rings. The first-order valence-electron chi connectivity index (χ1n) is 11.9. The van der Waals surface area contributed by atoms with Crippen molar-refractivity contribution in [2.75, 3.05) is 39.4 Å². The van der Waals surface area contributed by atoms with Crippen LogP contribution in [0.4, 0.5) is 26.3 Å². The Hall–Kier alpha value is -0.680. The van der Waals surface area contributed by atoms with Crippen molar-refractivity contribution in [2.45, 2.75) is 89.1 Å². The van der Waals surface area contributed by atoms with Gasteiger partial charge in [0.1, 0.15) is 13.1 Å². The monoisotopic (exact) mass is 582 g/mol. The molecule has 0 spiro atoms. The molecule has 16 heteroatoms. The summed E-state index contributed by atoms with van der Waals surface area (Å²) in [5.74, 6) is 0. The molecule has 0 radical (unpaired) electrons. The Labute approximate surface area is 210 Å². The Morgan fingerprint density at radius 2 is 0.944 bits per heavy atom. The Kier molecular flexibility index (Phi) is 18.5. The lowest BCUT2D eigenvalue weighted by atomic mass is 10.1. The smallest absolute Gasteiger partial charge is 0.421 e. The van der Waals surface area contributed by atoms with Gasteiger partial charge in [-0.15, -0.1) is 0 Å². The third kappa shape index (κ3) is 15.5. The molecule has 0 aliphatic carbocycles. The summed E-state index contributed by atoms with van der Waals surface area (Å²) in [5, 5.41) is 18.4. The van der Waals surface area contributed by atoms with E-state index in [1.807, 2.05) is 0 Å². The molecule has 0 unspecified atom stereocenters. The van der Waals surface area contributed by atoms with Crippen molar-refractivity contribution < 1.29 is 57.9 Å². The van der Waals surface area contributed by atoms with Gasteiger partial charge in [0.25, 0.3) is 0 Å². The Bertz CT molecular complexity index is 727. The van der Waals surface area contributed by atoms with E-state index in [1.165, 1.54) is 64.2 Å². The highest BCUT2D eigenvalue weighted by molar-refractivity contribution is 8.13. The van der Waals surface area contributed by atoms with Crippen molar-refractivity contribution in [3.05, 3.63) is 4.13 Å². The second kappa shape index (κ2) is 17.8. The fourth-order valence-corrected chi connectivity index (χ4v) is 5.09. The van der Waals surface area contributed by atoms with Crippen LogP contribution in [-0.2, 0) is 20.0 Å². The Morgan fingerprint density at radius 3 is 1.22 bits per heavy atom. The number of rotatable bonds is 18. The van der Waals surface area contributed by atoms with E-state index in [4.69, 9.17) is 0 Å². The van der Waals surface area contributed by atoms with Crippen LogP contribution in [0.1, 0.15) is 78.1 Å². The Morgan fingerprint density at radius 1 is 0.611 bits per heavy atom. The summed E-state index contributed by atoms with van der Waals surface area (Å²) in [4.78, 5) is 0. The molecule has 0 rings (SSSR count). The topological polar surface area (TPSA) is 123 Å². The zero-order valence-corrected chi connectivity index (χ0v) is 22.5. The van der Waals surface area contributed by atoms with Gasteiger partial charge in [0.05, 0.1) is 26.3 Å². The number of hydrogen-bond acceptors (Lipinski definition) is 6. The minimum atomic E-state index is -6.72. The number of likely N-dealkylation sites (N-methyl/N-ethyl adjacent to an activating group) is 1. The summed E-state index contributed by atoms with van der Waals surface area (Å²) in [5.41, 5.74) is -12.4. The summed E-state index contributed by atoms with van der Waals surface area (Å²) in [6.07, 6.45) is 13.6. The van der Waals surface area contributed by atoms with E-state index in [-0.39, 0.29) is 13.2 Å². The summed E-state index contributed by atoms with van der Waals surface area (Å²) < 4.78 is 110. The van der Waals surface area contributed by atoms with Crippen LogP contribution in [-0.4, -0.2) is 81.9 Å². The number of aliphatic hydroxyl groups is 2. The number of unbranched alkanes of at least 4 members (excludes halogenated alkanes) is 9. The van der Waals surface area contributed by atoms with Crippen molar-refractivity contribution in [1.29, 1.82) is 0 Å². The first kappa shape index (κ1) is 37.5. The number of hydrogen-bond donors (Lipinski definition) is 2. The van der Waals surface area contributed by atoms with Gasteiger partial charge < -0.3 is 18.8 Å². The highest BCUT2D eigenvalue weighted by atomic mass is 32.3. The highest BCUT2D eigenvalue weighted by Gasteiger charge is 2.46. The van der Waals surface area contributed by atoms with Gasteiger partial charge in [0.15, 0.2) is 20.0 Å². The minimum Gasteiger partial charge on any atom is -0.421 e. The van der Waals surface area contributed by atoms with E-state index in [0.29, 0.717) is 0 Å². The maximum absolute atomic E-state index is 11.4. The van der Waals surface area contributed by atoms with Gasteiger partial charge in [-0.25, -0.2) is 16.8 Å². The molecule has 0 aliphatic heterocycles. The lowest BCUT2D eigenvalue weighted by molar-refractivity contribution is -0.927. The van der Waals surface area contributed by atoms with Gasteiger partial charge in [0.2, 0.25) is 0 Å². The zero-order valence-electron chi connectivity index (χ0n) is 20.8. The third-order valence-corrected chi connectivity index (χ3v) is 8.33. The third-order valence-electron chi connectivity index (χ3n) is 5.59. The number of sulfonamides is 2. The fraction of sp³-hybridized carbons (Fsp3) is 1.00. The lowest BCUT2D eigenvalue weighted by Crippen LogP contribution is -2.52. The van der Waals surface area contributed by atoms with Crippen molar-refractivity contribution in [3.8, 4) is 0 Å². The maximum atomic E-state index is 11.4. The molecule has 0 heterocycles. The van der Waals surface area contributed by atoms with Gasteiger partial charge in [-0.3, -0.25) is 0 Å². The van der Waals surface area contributed by atoms with E-state index >= 15 is 0 Å². The maximum Gasteiger partial charge on any atom is 0.480 e. The molecule has 36 heavy (non-hydrogen) atoms. The van der Waals surface area contributed by atoms with Gasteiger partial charge in [0, 0.05) is 0 Å². The molecule has 0 fully saturated rings. The predicted octanol–water partition coefficient (Wildman–Crippen LogP) is 4.79. The van der Waals surface area contributed by atoms with Crippen LogP contribution in [0.25, 0.3) is 4.13 Å². The molecule has 0 saturated carbocycles. The van der Waals surface area contributed by atoms with Gasteiger partial charge >= 0.3 is 11.0 Å². The molecular weight excluding hydrogens is 542 g/mol. The van der Waals surface area contributed by atoms with E-state index in [9.17, 15) is 53.4 Å². The van der Waals surface area contributed by atoms with Crippen molar-refractivity contribution in [3.63, 3.8) is 0 Å². The lowest BCUT2D eigenvalue weighted by Gasteiger charge is -2.37. The van der Waals surface area contributed by atoms with Crippen LogP contribution in [0.5, 0.6) is 0 Å². The molecule has 0 amide bonds. The zero-order chi connectivity index (χ0) is 28.5. The normalized spacial score (nSPS) is 13.4. The van der Waals surface area contributed by atoms with E-state index < -0.39 is 31.1 Å². The Balaban J connectivity index is 0. The van der Waals surface area contributed by atoms with Gasteiger partial charge in [-0.05, 0) is 19.8 Å². The second-order valence-corrected chi connectivity index (χ2v) is 11.8. The van der Waals surface area contributed by atoms with Crippen LogP contribution in [0.2, 0.25) is 0 Å². The van der Waals surface area contributed by atoms with E-state index in [0.717, 1.165) is 34.8 Å². The summed E-state index contributed by atoms with van der Waals surface area (Å²) in [6.45, 7) is 8.58. The predicted molar refractivity (Wildman–Crippen MR) is 125 cm³/mol. The van der Waals surface area contributed by atoms with E-state index in [1.54, 1.807) is 0 Å². The van der Waals surface area contributed by atoms with Crippen LogP contribution < -0.4 is 0 Å². The summed E-state index contributed by atoms with van der Waals surface area (Å²) in [7, 11) is -13.4. The van der Waals surface area contributed by atoms with Crippen molar-refractivity contribution >= 4 is 20.0 Å². The minimum absolute atomic E-state index is 0.228. The first-order valence-corrected chi connectivity index (χ1v) is 14.8. The molecule has 8 nitrogen and oxygen atoms in total. The van der Waals surface area contributed by atoms with Gasteiger partial charge in [-0.1, -0.05) is 58.3 Å². The SMILES string of the molecule is CCCCCCCCCCCC[N+](CC)(CCO)CCO.O=S(=O)([N-]S(=O)(=O)C(F)(F)F)C(F)(F)F. The number of quaternary nitrogens is 1. The largest absolute Gasteiger partial charge is 0.480 e. The molecular formula is C20H40F6N2O6S2. The number of halogens is 6. The number of aliphatic hydroxyl groups excluding tert-OH is 2. The second-order valence-electron chi connectivity index (χ2n) is 8.37. The average molecular weight is 583 g/mol. The number of nitrogens with zero attached hydrogens (tertiary/aromatic N) is 2. The summed E-state index contributed by atoms with van der Waals surface area (Å²) in [6, 6.07) is 0.